The maximum Gasteiger partial charge on any atom is 0.222 e. The monoisotopic (exact) mass is 366 g/mol. The van der Waals surface area contributed by atoms with Gasteiger partial charge >= 0.3 is 0 Å². The number of hydrogen-bond donors (Lipinski definition) is 2. The Morgan fingerprint density at radius 3 is 2.04 bits per heavy atom. The highest BCUT2D eigenvalue weighted by Gasteiger charge is 2.18. The third-order valence-corrected chi connectivity index (χ3v) is 4.47. The number of carbonyl (C=O) groups is 2. The minimum absolute atomic E-state index is 0.0839. The molecule has 0 aliphatic rings. The van der Waals surface area contributed by atoms with Gasteiger partial charge in [-0.15, -0.1) is 0 Å². The predicted molar refractivity (Wildman–Crippen MR) is 109 cm³/mol. The molecule has 0 saturated heterocycles. The van der Waals surface area contributed by atoms with Crippen LogP contribution in [0.25, 0.3) is 0 Å². The van der Waals surface area contributed by atoms with Crippen LogP contribution in [0.1, 0.15) is 62.9 Å². The summed E-state index contributed by atoms with van der Waals surface area (Å²) in [6.45, 7) is 7.85. The third-order valence-electron chi connectivity index (χ3n) is 4.47. The molecule has 0 heterocycles. The standard InChI is InChI=1S/C23H30N2O2/c1-16(2)14-19-10-12-20(13-11-19)17(3)24-23(27)15-22(25-18(4)26)21-8-6-5-7-9-21/h5-13,16-17,22H,14-15H2,1-4H3,(H,24,27)(H,25,26)/t17-,22-/m1/s1. The molecule has 2 N–H and O–H groups in total. The highest BCUT2D eigenvalue weighted by molar-refractivity contribution is 5.79. The van der Waals surface area contributed by atoms with Gasteiger partial charge < -0.3 is 10.6 Å². The normalized spacial score (nSPS) is 13.1. The summed E-state index contributed by atoms with van der Waals surface area (Å²) in [6.07, 6.45) is 1.26. The molecule has 0 bridgehead atoms. The SMILES string of the molecule is CC(=O)N[C@H](CC(=O)N[C@H](C)c1ccc(CC(C)C)cc1)c1ccccc1. The Labute approximate surface area is 162 Å². The van der Waals surface area contributed by atoms with Crippen molar-refractivity contribution in [3.05, 3.63) is 71.3 Å². The van der Waals surface area contributed by atoms with Crippen LogP contribution in [0, 0.1) is 5.92 Å². The average molecular weight is 367 g/mol. The van der Waals surface area contributed by atoms with Gasteiger partial charge in [-0.1, -0.05) is 68.4 Å². The van der Waals surface area contributed by atoms with Crippen molar-refractivity contribution in [2.75, 3.05) is 0 Å². The van der Waals surface area contributed by atoms with E-state index in [2.05, 4.69) is 48.7 Å². The van der Waals surface area contributed by atoms with E-state index in [1.54, 1.807) is 0 Å². The summed E-state index contributed by atoms with van der Waals surface area (Å²) in [6, 6.07) is 17.6. The maximum absolute atomic E-state index is 12.5. The van der Waals surface area contributed by atoms with Crippen LogP contribution in [0.3, 0.4) is 0 Å². The third kappa shape index (κ3) is 6.89. The summed E-state index contributed by atoms with van der Waals surface area (Å²) in [5.74, 6) is 0.387. The van der Waals surface area contributed by atoms with Crippen LogP contribution in [-0.2, 0) is 16.0 Å². The molecule has 144 valence electrons. The molecular weight excluding hydrogens is 336 g/mol. The van der Waals surface area contributed by atoms with Crippen LogP contribution in [0.5, 0.6) is 0 Å². The summed E-state index contributed by atoms with van der Waals surface area (Å²) in [5.41, 5.74) is 3.31. The van der Waals surface area contributed by atoms with E-state index >= 15 is 0 Å². The van der Waals surface area contributed by atoms with Crippen LogP contribution < -0.4 is 10.6 Å². The largest absolute Gasteiger partial charge is 0.350 e. The second kappa shape index (κ2) is 9.91. The van der Waals surface area contributed by atoms with Gasteiger partial charge in [0, 0.05) is 6.92 Å². The molecule has 4 nitrogen and oxygen atoms in total. The van der Waals surface area contributed by atoms with Crippen molar-refractivity contribution in [3.8, 4) is 0 Å². The van der Waals surface area contributed by atoms with E-state index in [1.807, 2.05) is 37.3 Å². The van der Waals surface area contributed by atoms with Crippen molar-refractivity contribution in [2.45, 2.75) is 52.6 Å². The first-order valence-corrected chi connectivity index (χ1v) is 9.55. The van der Waals surface area contributed by atoms with Gasteiger partial charge in [-0.25, -0.2) is 0 Å². The molecule has 2 amide bonds. The number of amides is 2. The minimum atomic E-state index is -0.329. The van der Waals surface area contributed by atoms with Gasteiger partial charge in [-0.05, 0) is 36.0 Å². The highest BCUT2D eigenvalue weighted by Crippen LogP contribution is 2.19. The van der Waals surface area contributed by atoms with Gasteiger partial charge in [0.05, 0.1) is 18.5 Å². The zero-order chi connectivity index (χ0) is 19.8. The van der Waals surface area contributed by atoms with Gasteiger partial charge in [0.1, 0.15) is 0 Å². The Balaban J connectivity index is 1.98. The first kappa shape index (κ1) is 20.7. The summed E-state index contributed by atoms with van der Waals surface area (Å²) in [5, 5.41) is 5.91. The van der Waals surface area contributed by atoms with Crippen LogP contribution in [0.2, 0.25) is 0 Å². The van der Waals surface area contributed by atoms with Crippen LogP contribution in [0.15, 0.2) is 54.6 Å². The van der Waals surface area contributed by atoms with Gasteiger partial charge in [0.2, 0.25) is 11.8 Å². The fourth-order valence-corrected chi connectivity index (χ4v) is 3.17. The number of carbonyl (C=O) groups excluding carboxylic acids is 2. The van der Waals surface area contributed by atoms with E-state index in [9.17, 15) is 9.59 Å². The Bertz CT molecular complexity index is 739. The molecule has 4 heteroatoms. The van der Waals surface area contributed by atoms with Crippen LogP contribution >= 0.6 is 0 Å². The highest BCUT2D eigenvalue weighted by atomic mass is 16.2. The minimum Gasteiger partial charge on any atom is -0.350 e. The quantitative estimate of drug-likeness (QED) is 0.730. The van der Waals surface area contributed by atoms with E-state index in [-0.39, 0.29) is 30.3 Å². The number of benzene rings is 2. The summed E-state index contributed by atoms with van der Waals surface area (Å²) < 4.78 is 0. The van der Waals surface area contributed by atoms with Gasteiger partial charge in [0.25, 0.3) is 0 Å². The zero-order valence-corrected chi connectivity index (χ0v) is 16.7. The molecule has 2 rings (SSSR count). The molecule has 0 aromatic heterocycles. The van der Waals surface area contributed by atoms with Crippen molar-refractivity contribution in [2.24, 2.45) is 5.92 Å². The fraction of sp³-hybridized carbons (Fsp3) is 0.391. The smallest absolute Gasteiger partial charge is 0.222 e. The van der Waals surface area contributed by atoms with Gasteiger partial charge in [-0.3, -0.25) is 9.59 Å². The second-order valence-electron chi connectivity index (χ2n) is 7.50. The summed E-state index contributed by atoms with van der Waals surface area (Å²) in [4.78, 5) is 24.1. The topological polar surface area (TPSA) is 58.2 Å². The fourth-order valence-electron chi connectivity index (χ4n) is 3.17. The molecule has 2 aromatic rings. The van der Waals surface area contributed by atoms with Crippen LogP contribution in [-0.4, -0.2) is 11.8 Å². The predicted octanol–water partition coefficient (Wildman–Crippen LogP) is 4.33. The van der Waals surface area contributed by atoms with Crippen molar-refractivity contribution in [1.82, 2.24) is 10.6 Å². The van der Waals surface area contributed by atoms with Crippen molar-refractivity contribution < 1.29 is 9.59 Å². The molecule has 0 spiro atoms. The molecule has 2 aromatic carbocycles. The first-order chi connectivity index (χ1) is 12.8. The Kier molecular flexibility index (Phi) is 7.59. The molecule has 27 heavy (non-hydrogen) atoms. The second-order valence-corrected chi connectivity index (χ2v) is 7.50. The Morgan fingerprint density at radius 1 is 0.852 bits per heavy atom. The number of hydrogen-bond acceptors (Lipinski definition) is 2. The van der Waals surface area contributed by atoms with Crippen molar-refractivity contribution in [1.29, 1.82) is 0 Å². The molecule has 0 radical (unpaired) electrons. The lowest BCUT2D eigenvalue weighted by Gasteiger charge is -2.20. The molecule has 0 unspecified atom stereocenters. The Hall–Kier alpha value is -2.62. The van der Waals surface area contributed by atoms with Crippen molar-refractivity contribution in [3.63, 3.8) is 0 Å². The molecule has 2 atom stereocenters. The summed E-state index contributed by atoms with van der Waals surface area (Å²) >= 11 is 0. The number of nitrogens with one attached hydrogen (secondary N) is 2. The molecule has 0 fully saturated rings. The van der Waals surface area contributed by atoms with Gasteiger partial charge in [-0.2, -0.15) is 0 Å². The van der Waals surface area contributed by atoms with Crippen molar-refractivity contribution >= 4 is 11.8 Å². The lowest BCUT2D eigenvalue weighted by atomic mass is 9.99. The van der Waals surface area contributed by atoms with E-state index in [0.29, 0.717) is 5.92 Å². The van der Waals surface area contributed by atoms with Gasteiger partial charge in [0.15, 0.2) is 0 Å². The van der Waals surface area contributed by atoms with E-state index in [1.165, 1.54) is 12.5 Å². The Morgan fingerprint density at radius 2 is 1.48 bits per heavy atom. The number of rotatable bonds is 8. The first-order valence-electron chi connectivity index (χ1n) is 9.55. The maximum atomic E-state index is 12.5. The lowest BCUT2D eigenvalue weighted by Crippen LogP contribution is -2.33. The van der Waals surface area contributed by atoms with Crippen LogP contribution in [0.4, 0.5) is 0 Å². The lowest BCUT2D eigenvalue weighted by molar-refractivity contribution is -0.123. The molecular formula is C23H30N2O2. The zero-order valence-electron chi connectivity index (χ0n) is 16.7. The molecule has 0 aliphatic carbocycles. The van der Waals surface area contributed by atoms with E-state index < -0.39 is 0 Å². The van der Waals surface area contributed by atoms with E-state index in [4.69, 9.17) is 0 Å². The summed E-state index contributed by atoms with van der Waals surface area (Å²) in [7, 11) is 0. The van der Waals surface area contributed by atoms with E-state index in [0.717, 1.165) is 17.5 Å². The molecule has 0 aliphatic heterocycles. The average Bonchev–Trinajstić information content (AvgIpc) is 2.61. The molecule has 0 saturated carbocycles.